The van der Waals surface area contributed by atoms with Crippen molar-refractivity contribution in [3.63, 3.8) is 0 Å². The van der Waals surface area contributed by atoms with Gasteiger partial charge in [-0.1, -0.05) is 27.7 Å². The van der Waals surface area contributed by atoms with Crippen molar-refractivity contribution in [1.29, 1.82) is 0 Å². The molecule has 5 saturated carbocycles. The minimum absolute atomic E-state index is 0.0453. The molecule has 36 heavy (non-hydrogen) atoms. The molecule has 5 aliphatic rings. The van der Waals surface area contributed by atoms with E-state index in [0.29, 0.717) is 43.7 Å². The van der Waals surface area contributed by atoms with E-state index in [9.17, 15) is 19.2 Å². The lowest BCUT2D eigenvalue weighted by atomic mass is 9.44. The van der Waals surface area contributed by atoms with Crippen LogP contribution in [0.5, 0.6) is 0 Å². The number of ketones is 3. The van der Waals surface area contributed by atoms with E-state index in [4.69, 9.17) is 4.74 Å². The van der Waals surface area contributed by atoms with E-state index in [0.717, 1.165) is 57.8 Å². The number of fused-ring (bicyclic) bond motifs is 5. The van der Waals surface area contributed by atoms with Crippen molar-refractivity contribution in [2.45, 2.75) is 123 Å². The Hall–Kier alpha value is -1.52. The highest BCUT2D eigenvalue weighted by Crippen LogP contribution is 2.66. The lowest BCUT2D eigenvalue weighted by molar-refractivity contribution is -0.166. The van der Waals surface area contributed by atoms with Crippen LogP contribution in [0, 0.1) is 46.3 Å². The molecule has 200 valence electrons. The number of hydrogen-bond acceptors (Lipinski definition) is 5. The SMILES string of the molecule is CCC1(OC(=O)CCC(C)C2CCC3C4C(=O)CC5CC(=O)CCC5(C)C4CC(=O)C23C)CCCC1. The summed E-state index contributed by atoms with van der Waals surface area (Å²) < 4.78 is 5.99. The predicted molar refractivity (Wildman–Crippen MR) is 137 cm³/mol. The van der Waals surface area contributed by atoms with Gasteiger partial charge in [0.15, 0.2) is 0 Å². The second-order valence-electron chi connectivity index (χ2n) is 13.7. The van der Waals surface area contributed by atoms with Gasteiger partial charge in [0.1, 0.15) is 23.0 Å². The van der Waals surface area contributed by atoms with Crippen LogP contribution in [0.3, 0.4) is 0 Å². The molecule has 8 atom stereocenters. The maximum Gasteiger partial charge on any atom is 0.306 e. The predicted octanol–water partition coefficient (Wildman–Crippen LogP) is 6.25. The summed E-state index contributed by atoms with van der Waals surface area (Å²) in [6.07, 6.45) is 11.1. The zero-order valence-corrected chi connectivity index (χ0v) is 22.9. The molecule has 0 bridgehead atoms. The fraction of sp³-hybridized carbons (Fsp3) is 0.871. The first-order valence-corrected chi connectivity index (χ1v) is 14.8. The Morgan fingerprint density at radius 2 is 1.72 bits per heavy atom. The lowest BCUT2D eigenvalue weighted by Gasteiger charge is -2.58. The molecular formula is C31H46O5. The average molecular weight is 499 g/mol. The van der Waals surface area contributed by atoms with Crippen LogP contribution >= 0.6 is 0 Å². The highest BCUT2D eigenvalue weighted by atomic mass is 16.6. The Morgan fingerprint density at radius 1 is 1.00 bits per heavy atom. The topological polar surface area (TPSA) is 77.5 Å². The molecule has 5 nitrogen and oxygen atoms in total. The first kappa shape index (κ1) is 26.1. The van der Waals surface area contributed by atoms with Crippen molar-refractivity contribution >= 4 is 23.3 Å². The van der Waals surface area contributed by atoms with Crippen molar-refractivity contribution < 1.29 is 23.9 Å². The molecule has 5 aliphatic carbocycles. The van der Waals surface area contributed by atoms with Gasteiger partial charge in [0, 0.05) is 43.4 Å². The van der Waals surface area contributed by atoms with Gasteiger partial charge < -0.3 is 4.74 Å². The largest absolute Gasteiger partial charge is 0.459 e. The van der Waals surface area contributed by atoms with E-state index in [1.165, 1.54) is 0 Å². The smallest absolute Gasteiger partial charge is 0.306 e. The van der Waals surface area contributed by atoms with Crippen molar-refractivity contribution in [2.24, 2.45) is 46.3 Å². The van der Waals surface area contributed by atoms with Gasteiger partial charge in [-0.2, -0.15) is 0 Å². The second kappa shape index (κ2) is 9.34. The monoisotopic (exact) mass is 498 g/mol. The van der Waals surface area contributed by atoms with Gasteiger partial charge in [-0.25, -0.2) is 0 Å². The maximum atomic E-state index is 13.9. The first-order chi connectivity index (χ1) is 17.0. The van der Waals surface area contributed by atoms with Crippen molar-refractivity contribution in [3.8, 4) is 0 Å². The van der Waals surface area contributed by atoms with Gasteiger partial charge in [-0.3, -0.25) is 19.2 Å². The first-order valence-electron chi connectivity index (χ1n) is 14.8. The van der Waals surface area contributed by atoms with E-state index in [2.05, 4.69) is 27.7 Å². The van der Waals surface area contributed by atoms with Crippen molar-refractivity contribution in [1.82, 2.24) is 0 Å². The standard InChI is InChI=1S/C31H46O5/c1-5-31(13-6-7-14-31)36-27(35)11-8-19(2)22-9-10-23-28-24(18-26(34)30(22,23)4)29(3)15-12-21(32)16-20(29)17-25(28)33/h19-20,22-24,28H,5-18H2,1-4H3. The highest BCUT2D eigenvalue weighted by molar-refractivity contribution is 5.93. The molecule has 5 fully saturated rings. The van der Waals surface area contributed by atoms with Crippen LogP contribution in [0.15, 0.2) is 0 Å². The summed E-state index contributed by atoms with van der Waals surface area (Å²) in [7, 11) is 0. The molecule has 0 heterocycles. The zero-order chi connectivity index (χ0) is 25.9. The number of esters is 1. The summed E-state index contributed by atoms with van der Waals surface area (Å²) >= 11 is 0. The molecule has 0 aromatic carbocycles. The molecule has 5 heteroatoms. The highest BCUT2D eigenvalue weighted by Gasteiger charge is 2.66. The summed E-state index contributed by atoms with van der Waals surface area (Å²) in [5.41, 5.74) is -0.811. The Kier molecular flexibility index (Phi) is 6.78. The summed E-state index contributed by atoms with van der Waals surface area (Å²) in [4.78, 5) is 52.4. The van der Waals surface area contributed by atoms with Gasteiger partial charge in [-0.05, 0) is 92.8 Å². The Morgan fingerprint density at radius 3 is 2.42 bits per heavy atom. The number of carbonyl (C=O) groups is 4. The van der Waals surface area contributed by atoms with Gasteiger partial charge >= 0.3 is 5.97 Å². The van der Waals surface area contributed by atoms with Gasteiger partial charge in [-0.15, -0.1) is 0 Å². The molecule has 5 rings (SSSR count). The van der Waals surface area contributed by atoms with Crippen LogP contribution in [-0.4, -0.2) is 28.9 Å². The third-order valence-corrected chi connectivity index (χ3v) is 12.2. The molecule has 0 aliphatic heterocycles. The summed E-state index contributed by atoms with van der Waals surface area (Å²) in [6.45, 7) is 8.71. The van der Waals surface area contributed by atoms with Crippen LogP contribution < -0.4 is 0 Å². The van der Waals surface area contributed by atoms with Crippen LogP contribution in [0.25, 0.3) is 0 Å². The van der Waals surface area contributed by atoms with Gasteiger partial charge in [0.05, 0.1) is 0 Å². The molecule has 0 spiro atoms. The van der Waals surface area contributed by atoms with Gasteiger partial charge in [0.25, 0.3) is 0 Å². The molecule has 0 saturated heterocycles. The fourth-order valence-corrected chi connectivity index (χ4v) is 9.78. The maximum absolute atomic E-state index is 13.9. The van der Waals surface area contributed by atoms with E-state index in [-0.39, 0.29) is 58.3 Å². The number of Topliss-reactive ketones (excluding diaryl/α,β-unsaturated/α-hetero) is 3. The number of ether oxygens (including phenoxy) is 1. The molecule has 0 aromatic heterocycles. The van der Waals surface area contributed by atoms with E-state index < -0.39 is 5.41 Å². The normalized spacial score (nSPS) is 42.4. The second-order valence-corrected chi connectivity index (χ2v) is 13.7. The Labute approximate surface area is 216 Å². The van der Waals surface area contributed by atoms with Crippen LogP contribution in [0.1, 0.15) is 118 Å². The van der Waals surface area contributed by atoms with E-state index >= 15 is 0 Å². The summed E-state index contributed by atoms with van der Waals surface area (Å²) in [5, 5.41) is 0. The van der Waals surface area contributed by atoms with Crippen LogP contribution in [0.4, 0.5) is 0 Å². The Bertz CT molecular complexity index is 931. The fourth-order valence-electron chi connectivity index (χ4n) is 9.78. The number of carbonyl (C=O) groups excluding carboxylic acids is 4. The van der Waals surface area contributed by atoms with Crippen molar-refractivity contribution in [2.75, 3.05) is 0 Å². The molecule has 8 unspecified atom stereocenters. The van der Waals surface area contributed by atoms with E-state index in [1.54, 1.807) is 0 Å². The third-order valence-electron chi connectivity index (χ3n) is 12.2. The van der Waals surface area contributed by atoms with Gasteiger partial charge in [0.2, 0.25) is 0 Å². The number of hydrogen-bond donors (Lipinski definition) is 0. The average Bonchev–Trinajstić information content (AvgIpc) is 3.45. The Balaban J connectivity index is 1.29. The zero-order valence-electron chi connectivity index (χ0n) is 22.9. The molecular weight excluding hydrogens is 452 g/mol. The van der Waals surface area contributed by atoms with Crippen LogP contribution in [0.2, 0.25) is 0 Å². The van der Waals surface area contributed by atoms with E-state index in [1.807, 2.05) is 0 Å². The van der Waals surface area contributed by atoms with Crippen LogP contribution in [-0.2, 0) is 23.9 Å². The quantitative estimate of drug-likeness (QED) is 0.404. The molecule has 0 aromatic rings. The van der Waals surface area contributed by atoms with Crippen molar-refractivity contribution in [3.05, 3.63) is 0 Å². The minimum atomic E-state index is -0.482. The molecule has 0 N–H and O–H groups in total. The number of rotatable bonds is 6. The third kappa shape index (κ3) is 4.02. The molecule has 0 radical (unpaired) electrons. The minimum Gasteiger partial charge on any atom is -0.459 e. The molecule has 0 amide bonds. The lowest BCUT2D eigenvalue weighted by Crippen LogP contribution is -2.60. The summed E-state index contributed by atoms with van der Waals surface area (Å²) in [5.74, 6) is 1.53. The summed E-state index contributed by atoms with van der Waals surface area (Å²) in [6, 6.07) is 0.